The molecule has 2 N–H and O–H groups in total. The van der Waals surface area contributed by atoms with Gasteiger partial charge in [-0.05, 0) is 112 Å². The molecule has 0 spiro atoms. The number of aromatic amines is 1. The zero-order valence-electron chi connectivity index (χ0n) is 23.8. The van der Waals surface area contributed by atoms with E-state index in [0.29, 0.717) is 0 Å². The van der Waals surface area contributed by atoms with Crippen LogP contribution in [-0.4, -0.2) is 42.3 Å². The molecule has 42 heavy (non-hydrogen) atoms. The quantitative estimate of drug-likeness (QED) is 0.519. The second-order valence-electron chi connectivity index (χ2n) is 12.4. The van der Waals surface area contributed by atoms with E-state index in [2.05, 4.69) is 33.5 Å². The molecule has 7 heterocycles. The van der Waals surface area contributed by atoms with Crippen LogP contribution in [0.5, 0.6) is 0 Å². The van der Waals surface area contributed by atoms with Crippen LogP contribution in [0, 0.1) is 18.3 Å². The summed E-state index contributed by atoms with van der Waals surface area (Å²) >= 11 is 0. The van der Waals surface area contributed by atoms with E-state index < -0.39 is 16.5 Å². The largest absolute Gasteiger partial charge is 0.372 e. The van der Waals surface area contributed by atoms with E-state index in [9.17, 15) is 4.79 Å². The van der Waals surface area contributed by atoms with Gasteiger partial charge in [0.1, 0.15) is 11.1 Å². The Morgan fingerprint density at radius 3 is 2.57 bits per heavy atom. The lowest BCUT2D eigenvalue weighted by Crippen LogP contribution is -2.47. The molecule has 3 aromatic rings. The Morgan fingerprint density at radius 1 is 0.976 bits per heavy atom. The van der Waals surface area contributed by atoms with Gasteiger partial charge in [-0.2, -0.15) is 0 Å². The number of allylic oxidation sites excluding steroid dienone is 4. The molecule has 0 amide bonds. The van der Waals surface area contributed by atoms with Crippen LogP contribution < -0.4 is 16.0 Å². The fourth-order valence-electron chi connectivity index (χ4n) is 6.50. The number of imidazole rings is 1. The molecule has 8 bridgehead atoms. The minimum absolute atomic E-state index is 0.167. The number of carbonyl (C=O) groups is 1. The van der Waals surface area contributed by atoms with Gasteiger partial charge in [0.15, 0.2) is 5.78 Å². The van der Waals surface area contributed by atoms with Gasteiger partial charge in [-0.3, -0.25) is 14.8 Å². The maximum absolute atomic E-state index is 14.4. The monoisotopic (exact) mass is 553 g/mol. The summed E-state index contributed by atoms with van der Waals surface area (Å²) in [6.45, 7) is 6.00. The summed E-state index contributed by atoms with van der Waals surface area (Å²) in [5, 5.41) is 5.65. The highest BCUT2D eigenvalue weighted by molar-refractivity contribution is 6.20. The van der Waals surface area contributed by atoms with Crippen LogP contribution >= 0.6 is 0 Å². The predicted molar refractivity (Wildman–Crippen MR) is 163 cm³/mol. The van der Waals surface area contributed by atoms with Gasteiger partial charge in [-0.1, -0.05) is 0 Å². The molecule has 0 radical (unpaired) electrons. The third-order valence-electron chi connectivity index (χ3n) is 8.93. The van der Waals surface area contributed by atoms with Crippen LogP contribution in [-0.2, 0) is 10.3 Å². The maximum atomic E-state index is 14.4. The summed E-state index contributed by atoms with van der Waals surface area (Å²) in [4.78, 5) is 37.2. The summed E-state index contributed by atoms with van der Waals surface area (Å²) in [7, 11) is 0. The molecule has 2 unspecified atom stereocenters. The summed E-state index contributed by atoms with van der Waals surface area (Å²) in [6.07, 6.45) is 24.0. The lowest BCUT2D eigenvalue weighted by molar-refractivity contribution is -0.127. The standard InChI is InChI=1S/C34H31N7O/c1-21-14-28(11-13-35-21)41-19-30(36-20-41)33-12-10-26(39-33)16-25-7-6-23(37-25)15-24-8-9-27(38-24)17-34(22-4-5-22)31(42)32(2,3)29(18-33)40-34/h6-20,22,37,40H,4-5H2,1-3H3. The minimum atomic E-state index is -0.900. The number of hydrogen-bond donors (Lipinski definition) is 2. The summed E-state index contributed by atoms with van der Waals surface area (Å²) < 4.78 is 1.99. The molecule has 1 aliphatic carbocycles. The molecule has 0 aromatic carbocycles. The second kappa shape index (κ2) is 8.58. The van der Waals surface area contributed by atoms with E-state index in [-0.39, 0.29) is 11.7 Å². The number of Topliss-reactive ketones (excluding diaryl/α,β-unsaturated/α-hetero) is 1. The normalized spacial score (nSPS) is 27.1. The minimum Gasteiger partial charge on any atom is -0.372 e. The van der Waals surface area contributed by atoms with Gasteiger partial charge in [-0.25, -0.2) is 9.98 Å². The van der Waals surface area contributed by atoms with Crippen molar-refractivity contribution >= 4 is 29.4 Å². The first-order chi connectivity index (χ1) is 20.2. The van der Waals surface area contributed by atoms with E-state index in [0.717, 1.165) is 63.4 Å². The van der Waals surface area contributed by atoms with Crippen molar-refractivity contribution in [1.82, 2.24) is 24.8 Å². The van der Waals surface area contributed by atoms with Crippen molar-refractivity contribution in [2.75, 3.05) is 0 Å². The molecule has 4 aliphatic heterocycles. The first-order valence-electron chi connectivity index (χ1n) is 14.4. The van der Waals surface area contributed by atoms with Crippen molar-refractivity contribution < 1.29 is 4.79 Å². The first kappa shape index (κ1) is 24.9. The molecule has 208 valence electrons. The first-order valence-corrected chi connectivity index (χ1v) is 14.4. The molecule has 1 saturated carbocycles. The highest BCUT2D eigenvalue weighted by Gasteiger charge is 2.60. The van der Waals surface area contributed by atoms with Crippen LogP contribution in [0.3, 0.4) is 0 Å². The fourth-order valence-corrected chi connectivity index (χ4v) is 6.50. The van der Waals surface area contributed by atoms with Crippen molar-refractivity contribution in [3.63, 3.8) is 0 Å². The Bertz CT molecular complexity index is 1990. The molecule has 8 nitrogen and oxygen atoms in total. The van der Waals surface area contributed by atoms with Crippen molar-refractivity contribution in [2.45, 2.75) is 44.7 Å². The maximum Gasteiger partial charge on any atom is 0.173 e. The van der Waals surface area contributed by atoms with Crippen LogP contribution in [0.2, 0.25) is 0 Å². The number of nitrogens with one attached hydrogen (secondary N) is 2. The lowest BCUT2D eigenvalue weighted by Gasteiger charge is -2.26. The number of rotatable bonds is 3. The van der Waals surface area contributed by atoms with Crippen molar-refractivity contribution in [2.24, 2.45) is 21.3 Å². The molecule has 3 aromatic heterocycles. The Labute approximate surface area is 243 Å². The van der Waals surface area contributed by atoms with Crippen LogP contribution in [0.4, 0.5) is 0 Å². The number of hydrogen-bond acceptors (Lipinski definition) is 6. The van der Waals surface area contributed by atoms with Gasteiger partial charge >= 0.3 is 0 Å². The molecule has 5 aliphatic rings. The number of H-pyrrole nitrogens is 1. The molecule has 2 fully saturated rings. The van der Waals surface area contributed by atoms with E-state index in [4.69, 9.17) is 15.0 Å². The Kier molecular flexibility index (Phi) is 5.09. The van der Waals surface area contributed by atoms with Gasteiger partial charge in [0.05, 0.1) is 34.6 Å². The number of aryl methyl sites for hydroxylation is 1. The molecule has 8 heteroatoms. The SMILES string of the molecule is Cc1cc(-n2cnc(C34C=CC(=N3)C=c3ccc([nH]3)=CC3=NC(=CC5(C6CC6)NC(=C4)C(C)(C)C5=O)C=C3)c2)ccn1. The Balaban J connectivity index is 1.35. The van der Waals surface area contributed by atoms with Gasteiger partial charge in [0.25, 0.3) is 0 Å². The molecular formula is C34H31N7O. The molecular weight excluding hydrogens is 522 g/mol. The van der Waals surface area contributed by atoms with Gasteiger partial charge < -0.3 is 14.9 Å². The summed E-state index contributed by atoms with van der Waals surface area (Å²) in [5.41, 5.74) is 3.53. The van der Waals surface area contributed by atoms with E-state index in [1.807, 2.05) is 92.5 Å². The number of aliphatic imine (C=N–C) groups is 2. The van der Waals surface area contributed by atoms with Crippen molar-refractivity contribution in [1.29, 1.82) is 0 Å². The van der Waals surface area contributed by atoms with Crippen molar-refractivity contribution in [3.05, 3.63) is 113 Å². The van der Waals surface area contributed by atoms with Gasteiger partial charge in [0, 0.05) is 40.2 Å². The summed E-state index contributed by atoms with van der Waals surface area (Å²) in [5.74, 6) is 0.390. The molecule has 1 saturated heterocycles. The van der Waals surface area contributed by atoms with Gasteiger partial charge in [-0.15, -0.1) is 0 Å². The topological polar surface area (TPSA) is 100 Å². The zero-order chi connectivity index (χ0) is 28.7. The van der Waals surface area contributed by atoms with E-state index >= 15 is 0 Å². The van der Waals surface area contributed by atoms with E-state index in [1.54, 1.807) is 6.20 Å². The summed E-state index contributed by atoms with van der Waals surface area (Å²) in [6, 6.07) is 8.07. The Morgan fingerprint density at radius 2 is 1.79 bits per heavy atom. The molecule has 2 atom stereocenters. The fraction of sp³-hybridized carbons (Fsp3) is 0.265. The smallest absolute Gasteiger partial charge is 0.173 e. The number of nitrogens with zero attached hydrogens (tertiary/aromatic N) is 5. The van der Waals surface area contributed by atoms with Crippen LogP contribution in [0.1, 0.15) is 38.1 Å². The average molecular weight is 554 g/mol. The number of aromatic nitrogens is 4. The predicted octanol–water partition coefficient (Wildman–Crippen LogP) is 3.51. The third-order valence-corrected chi connectivity index (χ3v) is 8.93. The number of fused-ring (bicyclic) bond motifs is 6. The zero-order valence-corrected chi connectivity index (χ0v) is 23.8. The lowest BCUT2D eigenvalue weighted by atomic mass is 9.77. The molecule has 8 rings (SSSR count). The number of pyridine rings is 1. The Hall–Kier alpha value is -4.85. The number of carbonyl (C=O) groups excluding carboxylic acids is 1. The van der Waals surface area contributed by atoms with Crippen molar-refractivity contribution in [3.8, 4) is 5.69 Å². The highest BCUT2D eigenvalue weighted by atomic mass is 16.1. The third kappa shape index (κ3) is 3.85. The second-order valence-corrected chi connectivity index (χ2v) is 12.4. The highest BCUT2D eigenvalue weighted by Crippen LogP contribution is 2.52. The van der Waals surface area contributed by atoms with Crippen LogP contribution in [0.15, 0.2) is 101 Å². The van der Waals surface area contributed by atoms with Crippen LogP contribution in [0.25, 0.3) is 17.8 Å². The van der Waals surface area contributed by atoms with E-state index in [1.165, 1.54) is 0 Å². The number of ketones is 1. The average Bonchev–Trinajstić information content (AvgIpc) is 3.33. The van der Waals surface area contributed by atoms with Gasteiger partial charge in [0.2, 0.25) is 0 Å².